The fourth-order valence-electron chi connectivity index (χ4n) is 2.16. The zero-order valence-corrected chi connectivity index (χ0v) is 15.1. The van der Waals surface area contributed by atoms with E-state index < -0.39 is 11.7 Å². The van der Waals surface area contributed by atoms with E-state index in [2.05, 4.69) is 5.32 Å². The Hall–Kier alpha value is -1.95. The molecule has 0 unspecified atom stereocenters. The smallest absolute Gasteiger partial charge is 0.412 e. The number of hydrogen-bond donors (Lipinski definition) is 2. The van der Waals surface area contributed by atoms with Crippen LogP contribution in [-0.2, 0) is 11.2 Å². The first-order valence-corrected chi connectivity index (χ1v) is 7.49. The van der Waals surface area contributed by atoms with Crippen LogP contribution in [0, 0.1) is 0 Å². The molecule has 1 aromatic rings. The Balaban J connectivity index is 3.16. The van der Waals surface area contributed by atoms with Crippen LogP contribution in [0.1, 0.15) is 40.2 Å². The Kier molecular flexibility index (Phi) is 5.88. The van der Waals surface area contributed by atoms with E-state index in [1.54, 1.807) is 27.9 Å². The van der Waals surface area contributed by atoms with Crippen molar-refractivity contribution in [2.45, 2.75) is 52.2 Å². The molecule has 0 heterocycles. The molecule has 0 aliphatic rings. The summed E-state index contributed by atoms with van der Waals surface area (Å²) in [4.78, 5) is 12.0. The van der Waals surface area contributed by atoms with Crippen molar-refractivity contribution in [2.75, 3.05) is 19.5 Å². The largest absolute Gasteiger partial charge is 0.493 e. The number of hydrogen-bond acceptors (Lipinski definition) is 5. The van der Waals surface area contributed by atoms with Crippen molar-refractivity contribution in [3.8, 4) is 11.5 Å². The first-order valence-electron chi connectivity index (χ1n) is 7.49. The summed E-state index contributed by atoms with van der Waals surface area (Å²) >= 11 is 0. The number of ether oxygens (including phenoxy) is 3. The van der Waals surface area contributed by atoms with E-state index in [1.807, 2.05) is 26.0 Å². The van der Waals surface area contributed by atoms with E-state index in [0.717, 1.165) is 5.56 Å². The number of rotatable bonds is 5. The SMILES string of the molecule is COc1cc(CC(C)(C)N)cc(NC(=O)OC(C)(C)C)c1OC. The maximum Gasteiger partial charge on any atom is 0.412 e. The van der Waals surface area contributed by atoms with Gasteiger partial charge < -0.3 is 19.9 Å². The lowest BCUT2D eigenvalue weighted by Crippen LogP contribution is -2.34. The highest BCUT2D eigenvalue weighted by atomic mass is 16.6. The lowest BCUT2D eigenvalue weighted by atomic mass is 9.95. The quantitative estimate of drug-likeness (QED) is 0.868. The van der Waals surface area contributed by atoms with Gasteiger partial charge in [0.05, 0.1) is 19.9 Å². The predicted octanol–water partition coefficient (Wildman–Crippen LogP) is 3.33. The number of methoxy groups -OCH3 is 2. The Labute approximate surface area is 138 Å². The molecule has 1 amide bonds. The first kappa shape index (κ1) is 19.1. The van der Waals surface area contributed by atoms with Crippen molar-refractivity contribution in [1.29, 1.82) is 0 Å². The third-order valence-electron chi connectivity index (χ3n) is 2.83. The molecule has 0 saturated heterocycles. The molecule has 0 aromatic heterocycles. The van der Waals surface area contributed by atoms with Gasteiger partial charge in [-0.2, -0.15) is 0 Å². The van der Waals surface area contributed by atoms with Crippen LogP contribution in [-0.4, -0.2) is 31.5 Å². The fourth-order valence-corrected chi connectivity index (χ4v) is 2.16. The van der Waals surface area contributed by atoms with Gasteiger partial charge >= 0.3 is 6.09 Å². The van der Waals surface area contributed by atoms with Gasteiger partial charge in [-0.05, 0) is 58.7 Å². The number of carbonyl (C=O) groups excluding carboxylic acids is 1. The molecule has 0 atom stereocenters. The second kappa shape index (κ2) is 7.08. The standard InChI is InChI=1S/C17H28N2O4/c1-16(2,3)23-15(20)19-12-8-11(10-17(4,5)18)9-13(21-6)14(12)22-7/h8-9H,10,18H2,1-7H3,(H,19,20). The molecule has 0 saturated carbocycles. The molecule has 6 nitrogen and oxygen atoms in total. The first-order chi connectivity index (χ1) is 10.4. The Morgan fingerprint density at radius 2 is 1.74 bits per heavy atom. The maximum absolute atomic E-state index is 12.0. The van der Waals surface area contributed by atoms with Crippen molar-refractivity contribution < 1.29 is 19.0 Å². The average Bonchev–Trinajstić information content (AvgIpc) is 2.33. The average molecular weight is 324 g/mol. The number of benzene rings is 1. The van der Waals surface area contributed by atoms with Crippen LogP contribution in [0.4, 0.5) is 10.5 Å². The number of anilines is 1. The van der Waals surface area contributed by atoms with Gasteiger partial charge in [-0.3, -0.25) is 5.32 Å². The summed E-state index contributed by atoms with van der Waals surface area (Å²) in [6.45, 7) is 9.28. The second-order valence-electron chi connectivity index (χ2n) is 7.17. The minimum absolute atomic E-state index is 0.386. The van der Waals surface area contributed by atoms with Crippen LogP contribution < -0.4 is 20.5 Å². The zero-order valence-electron chi connectivity index (χ0n) is 15.1. The van der Waals surface area contributed by atoms with Crippen molar-refractivity contribution >= 4 is 11.8 Å². The van der Waals surface area contributed by atoms with Crippen LogP contribution in [0.5, 0.6) is 11.5 Å². The minimum Gasteiger partial charge on any atom is -0.493 e. The van der Waals surface area contributed by atoms with Gasteiger partial charge in [0.2, 0.25) is 0 Å². The summed E-state index contributed by atoms with van der Waals surface area (Å²) in [6.07, 6.45) is 0.0677. The van der Waals surface area contributed by atoms with Gasteiger partial charge in [0, 0.05) is 5.54 Å². The molecule has 3 N–H and O–H groups in total. The van der Waals surface area contributed by atoms with E-state index in [0.29, 0.717) is 23.6 Å². The normalized spacial score (nSPS) is 11.8. The van der Waals surface area contributed by atoms with Gasteiger partial charge in [0.1, 0.15) is 5.60 Å². The van der Waals surface area contributed by atoms with Crippen molar-refractivity contribution in [1.82, 2.24) is 0 Å². The third-order valence-corrected chi connectivity index (χ3v) is 2.83. The van der Waals surface area contributed by atoms with E-state index in [1.165, 1.54) is 7.11 Å². The predicted molar refractivity (Wildman–Crippen MR) is 91.4 cm³/mol. The minimum atomic E-state index is -0.585. The lowest BCUT2D eigenvalue weighted by molar-refractivity contribution is 0.0635. The van der Waals surface area contributed by atoms with Crippen molar-refractivity contribution in [3.05, 3.63) is 17.7 Å². The number of nitrogens with one attached hydrogen (secondary N) is 1. The van der Waals surface area contributed by atoms with E-state index in [4.69, 9.17) is 19.9 Å². The van der Waals surface area contributed by atoms with Crippen LogP contribution in [0.15, 0.2) is 12.1 Å². The maximum atomic E-state index is 12.0. The van der Waals surface area contributed by atoms with Crippen LogP contribution >= 0.6 is 0 Å². The summed E-state index contributed by atoms with van der Waals surface area (Å²) in [5.74, 6) is 0.970. The summed E-state index contributed by atoms with van der Waals surface area (Å²) in [5.41, 5.74) is 6.53. The van der Waals surface area contributed by atoms with E-state index in [-0.39, 0.29) is 5.54 Å². The van der Waals surface area contributed by atoms with Gasteiger partial charge in [0.25, 0.3) is 0 Å². The van der Waals surface area contributed by atoms with Gasteiger partial charge in [0.15, 0.2) is 11.5 Å². The second-order valence-corrected chi connectivity index (χ2v) is 7.17. The molecule has 0 bridgehead atoms. The van der Waals surface area contributed by atoms with Crippen molar-refractivity contribution in [2.24, 2.45) is 5.73 Å². The van der Waals surface area contributed by atoms with Crippen LogP contribution in [0.3, 0.4) is 0 Å². The highest BCUT2D eigenvalue weighted by Gasteiger charge is 2.21. The Morgan fingerprint density at radius 3 is 2.17 bits per heavy atom. The molecule has 130 valence electrons. The third kappa shape index (κ3) is 6.36. The van der Waals surface area contributed by atoms with Gasteiger partial charge in [-0.15, -0.1) is 0 Å². The summed E-state index contributed by atoms with van der Waals surface area (Å²) in [7, 11) is 3.07. The molecule has 1 rings (SSSR count). The van der Waals surface area contributed by atoms with E-state index in [9.17, 15) is 4.79 Å². The topological polar surface area (TPSA) is 82.8 Å². The van der Waals surface area contributed by atoms with Gasteiger partial charge in [-0.25, -0.2) is 4.79 Å². The molecule has 23 heavy (non-hydrogen) atoms. The lowest BCUT2D eigenvalue weighted by Gasteiger charge is -2.23. The summed E-state index contributed by atoms with van der Waals surface area (Å²) < 4.78 is 16.0. The van der Waals surface area contributed by atoms with Gasteiger partial charge in [-0.1, -0.05) is 0 Å². The molecule has 0 radical (unpaired) electrons. The molecular weight excluding hydrogens is 296 g/mol. The number of amides is 1. The Bertz CT molecular complexity index is 557. The monoisotopic (exact) mass is 324 g/mol. The molecule has 0 aliphatic heterocycles. The zero-order chi connectivity index (χ0) is 17.8. The fraction of sp³-hybridized carbons (Fsp3) is 0.588. The number of nitrogens with two attached hydrogens (primary N) is 1. The highest BCUT2D eigenvalue weighted by Crippen LogP contribution is 2.37. The molecule has 0 fully saturated rings. The van der Waals surface area contributed by atoms with Crippen LogP contribution in [0.25, 0.3) is 0 Å². The summed E-state index contributed by atoms with van der Waals surface area (Å²) in [6, 6.07) is 3.67. The number of carbonyl (C=O) groups is 1. The van der Waals surface area contributed by atoms with E-state index >= 15 is 0 Å². The molecule has 1 aromatic carbocycles. The summed E-state index contributed by atoms with van der Waals surface area (Å²) in [5, 5.41) is 2.71. The molecule has 0 spiro atoms. The Morgan fingerprint density at radius 1 is 1.13 bits per heavy atom. The molecule has 6 heteroatoms. The molecular formula is C17H28N2O4. The van der Waals surface area contributed by atoms with Crippen molar-refractivity contribution in [3.63, 3.8) is 0 Å². The van der Waals surface area contributed by atoms with Crippen LogP contribution in [0.2, 0.25) is 0 Å². The highest BCUT2D eigenvalue weighted by molar-refractivity contribution is 5.88. The molecule has 0 aliphatic carbocycles.